The molecule has 0 bridgehead atoms. The molecular weight excluding hydrogens is 236 g/mol. The second kappa shape index (κ2) is 5.63. The fourth-order valence-electron chi connectivity index (χ4n) is 2.72. The van der Waals surface area contributed by atoms with Crippen molar-refractivity contribution in [2.75, 3.05) is 18.0 Å². The van der Waals surface area contributed by atoms with Crippen LogP contribution in [-0.4, -0.2) is 18.2 Å². The fraction of sp³-hybridized carbons (Fsp3) is 0.562. The molecule has 3 atom stereocenters. The molecule has 0 aromatic heterocycles. The van der Waals surface area contributed by atoms with E-state index in [9.17, 15) is 5.11 Å². The van der Waals surface area contributed by atoms with Crippen molar-refractivity contribution >= 4 is 5.69 Å². The lowest BCUT2D eigenvalue weighted by Crippen LogP contribution is -2.39. The Morgan fingerprint density at radius 2 is 2.11 bits per heavy atom. The molecule has 2 unspecified atom stereocenters. The van der Waals surface area contributed by atoms with Crippen molar-refractivity contribution in [3.8, 4) is 6.07 Å². The smallest absolute Gasteiger partial charge is 0.0992 e. The summed E-state index contributed by atoms with van der Waals surface area (Å²) in [6.45, 7) is 8.34. The Morgan fingerprint density at radius 1 is 1.37 bits per heavy atom. The molecule has 0 amide bonds. The van der Waals surface area contributed by atoms with E-state index >= 15 is 0 Å². The van der Waals surface area contributed by atoms with E-state index in [0.29, 0.717) is 11.5 Å². The molecule has 1 N–H and O–H groups in total. The molecule has 3 heteroatoms. The van der Waals surface area contributed by atoms with E-state index < -0.39 is 6.10 Å². The fourth-order valence-corrected chi connectivity index (χ4v) is 2.72. The van der Waals surface area contributed by atoms with Crippen molar-refractivity contribution in [2.24, 2.45) is 11.8 Å². The molecule has 102 valence electrons. The molecule has 1 aliphatic rings. The highest BCUT2D eigenvalue weighted by Gasteiger charge is 2.25. The van der Waals surface area contributed by atoms with Gasteiger partial charge in [-0.3, -0.25) is 0 Å². The summed E-state index contributed by atoms with van der Waals surface area (Å²) >= 11 is 0. The topological polar surface area (TPSA) is 47.3 Å². The third-order valence-electron chi connectivity index (χ3n) is 4.28. The van der Waals surface area contributed by atoms with Gasteiger partial charge < -0.3 is 10.0 Å². The van der Waals surface area contributed by atoms with Gasteiger partial charge in [-0.15, -0.1) is 0 Å². The summed E-state index contributed by atoms with van der Waals surface area (Å²) < 4.78 is 0. The lowest BCUT2D eigenvalue weighted by molar-refractivity contribution is 0.199. The Labute approximate surface area is 115 Å². The van der Waals surface area contributed by atoms with Crippen LogP contribution in [0.1, 0.15) is 44.4 Å². The minimum absolute atomic E-state index is 0.502. The summed E-state index contributed by atoms with van der Waals surface area (Å²) in [5.74, 6) is 1.38. The summed E-state index contributed by atoms with van der Waals surface area (Å²) in [5, 5.41) is 19.0. The van der Waals surface area contributed by atoms with E-state index in [1.165, 1.54) is 0 Å². The number of rotatable bonds is 2. The van der Waals surface area contributed by atoms with Crippen LogP contribution in [-0.2, 0) is 0 Å². The van der Waals surface area contributed by atoms with Crippen LogP contribution in [0, 0.1) is 23.2 Å². The summed E-state index contributed by atoms with van der Waals surface area (Å²) in [6, 6.07) is 7.75. The zero-order valence-electron chi connectivity index (χ0n) is 11.9. The highest BCUT2D eigenvalue weighted by atomic mass is 16.3. The predicted molar refractivity (Wildman–Crippen MR) is 76.9 cm³/mol. The van der Waals surface area contributed by atoms with Crippen molar-refractivity contribution in [2.45, 2.75) is 33.3 Å². The third-order valence-corrected chi connectivity index (χ3v) is 4.28. The van der Waals surface area contributed by atoms with Gasteiger partial charge in [-0.25, -0.2) is 0 Å². The maximum absolute atomic E-state index is 9.91. The Morgan fingerprint density at radius 3 is 2.68 bits per heavy atom. The van der Waals surface area contributed by atoms with Crippen LogP contribution in [0.4, 0.5) is 5.69 Å². The molecule has 1 aromatic rings. The van der Waals surface area contributed by atoms with Gasteiger partial charge in [0.15, 0.2) is 0 Å². The molecule has 1 heterocycles. The molecular formula is C16H22N2O. The van der Waals surface area contributed by atoms with Crippen molar-refractivity contribution in [1.29, 1.82) is 5.26 Å². The maximum atomic E-state index is 9.91. The Hall–Kier alpha value is -1.53. The predicted octanol–water partition coefficient (Wildman–Crippen LogP) is 3.09. The second-order valence-electron chi connectivity index (χ2n) is 5.75. The summed E-state index contributed by atoms with van der Waals surface area (Å²) in [7, 11) is 0. The number of aliphatic hydroxyl groups excluding tert-OH is 1. The minimum atomic E-state index is -0.502. The van der Waals surface area contributed by atoms with Crippen molar-refractivity contribution < 1.29 is 5.11 Å². The number of nitrogens with zero attached hydrogens (tertiary/aromatic N) is 2. The molecule has 19 heavy (non-hydrogen) atoms. The molecule has 3 nitrogen and oxygen atoms in total. The summed E-state index contributed by atoms with van der Waals surface area (Å²) in [6.07, 6.45) is 0.661. The van der Waals surface area contributed by atoms with Gasteiger partial charge >= 0.3 is 0 Å². The molecule has 2 rings (SSSR count). The average Bonchev–Trinajstić information content (AvgIpc) is 2.41. The second-order valence-corrected chi connectivity index (χ2v) is 5.75. The molecule has 0 spiro atoms. The summed E-state index contributed by atoms with van der Waals surface area (Å²) in [5.41, 5.74) is 2.60. The molecule has 0 radical (unpaired) electrons. The quantitative estimate of drug-likeness (QED) is 0.886. The number of hydrogen-bond donors (Lipinski definition) is 1. The van der Waals surface area contributed by atoms with E-state index in [1.54, 1.807) is 13.0 Å². The Kier molecular flexibility index (Phi) is 4.11. The van der Waals surface area contributed by atoms with Crippen molar-refractivity contribution in [3.05, 3.63) is 29.3 Å². The number of anilines is 1. The molecule has 1 fully saturated rings. The van der Waals surface area contributed by atoms with E-state index in [-0.39, 0.29) is 0 Å². The van der Waals surface area contributed by atoms with Gasteiger partial charge in [0.2, 0.25) is 0 Å². The number of hydrogen-bond acceptors (Lipinski definition) is 3. The van der Waals surface area contributed by atoms with Crippen molar-refractivity contribution in [1.82, 2.24) is 0 Å². The monoisotopic (exact) mass is 258 g/mol. The highest BCUT2D eigenvalue weighted by Crippen LogP contribution is 2.32. The minimum Gasteiger partial charge on any atom is -0.389 e. The zero-order valence-corrected chi connectivity index (χ0v) is 11.9. The third kappa shape index (κ3) is 2.90. The first-order valence-corrected chi connectivity index (χ1v) is 7.00. The van der Waals surface area contributed by atoms with Crippen LogP contribution in [0.5, 0.6) is 0 Å². The van der Waals surface area contributed by atoms with E-state index in [0.717, 1.165) is 36.7 Å². The van der Waals surface area contributed by atoms with Gasteiger partial charge in [0.1, 0.15) is 0 Å². The van der Waals surface area contributed by atoms with Crippen LogP contribution in [0.25, 0.3) is 0 Å². The first-order chi connectivity index (χ1) is 9.02. The van der Waals surface area contributed by atoms with Crippen LogP contribution in [0.3, 0.4) is 0 Å². The van der Waals surface area contributed by atoms with Gasteiger partial charge in [0, 0.05) is 24.3 Å². The first kappa shape index (κ1) is 13.9. The summed E-state index contributed by atoms with van der Waals surface area (Å²) in [4.78, 5) is 2.31. The van der Waals surface area contributed by atoms with Gasteiger partial charge in [-0.05, 0) is 37.3 Å². The SMILES string of the molecule is CC1CCN(c2cc(C#N)ccc2[C@H](C)O)CC1C. The lowest BCUT2D eigenvalue weighted by atomic mass is 9.88. The van der Waals surface area contributed by atoms with Gasteiger partial charge in [-0.2, -0.15) is 5.26 Å². The zero-order chi connectivity index (χ0) is 14.0. The number of nitriles is 1. The average molecular weight is 258 g/mol. The van der Waals surface area contributed by atoms with Crippen LogP contribution in [0.15, 0.2) is 18.2 Å². The van der Waals surface area contributed by atoms with Gasteiger partial charge in [-0.1, -0.05) is 19.9 Å². The van der Waals surface area contributed by atoms with Crippen molar-refractivity contribution in [3.63, 3.8) is 0 Å². The standard InChI is InChI=1S/C16H22N2O/c1-11-6-7-18(10-12(11)2)16-8-14(9-17)4-5-15(16)13(3)19/h4-5,8,11-13,19H,6-7,10H2,1-3H3/t11?,12?,13-/m0/s1. The largest absolute Gasteiger partial charge is 0.389 e. The van der Waals surface area contributed by atoms with Crippen LogP contribution in [0.2, 0.25) is 0 Å². The van der Waals surface area contributed by atoms with E-state index in [2.05, 4.69) is 24.8 Å². The normalized spacial score (nSPS) is 24.9. The molecule has 0 aliphatic carbocycles. The first-order valence-electron chi connectivity index (χ1n) is 7.00. The van der Waals surface area contributed by atoms with Crippen LogP contribution >= 0.6 is 0 Å². The van der Waals surface area contributed by atoms with E-state index in [4.69, 9.17) is 5.26 Å². The Bertz CT molecular complexity index is 490. The molecule has 0 saturated carbocycles. The van der Waals surface area contributed by atoms with Gasteiger partial charge in [0.25, 0.3) is 0 Å². The molecule has 1 saturated heterocycles. The number of piperidine rings is 1. The highest BCUT2D eigenvalue weighted by molar-refractivity contribution is 5.58. The Balaban J connectivity index is 2.34. The number of aliphatic hydroxyl groups is 1. The molecule has 1 aliphatic heterocycles. The van der Waals surface area contributed by atoms with Gasteiger partial charge in [0.05, 0.1) is 17.7 Å². The van der Waals surface area contributed by atoms with Crippen LogP contribution < -0.4 is 4.90 Å². The lowest BCUT2D eigenvalue weighted by Gasteiger charge is -2.38. The number of benzene rings is 1. The maximum Gasteiger partial charge on any atom is 0.0992 e. The van der Waals surface area contributed by atoms with E-state index in [1.807, 2.05) is 12.1 Å². The molecule has 1 aromatic carbocycles.